The van der Waals surface area contributed by atoms with E-state index in [1.54, 1.807) is 0 Å². The van der Waals surface area contributed by atoms with Crippen molar-refractivity contribution in [1.82, 2.24) is 5.43 Å². The van der Waals surface area contributed by atoms with Gasteiger partial charge in [0.15, 0.2) is 0 Å². The Morgan fingerprint density at radius 2 is 2.45 bits per heavy atom. The average molecular weight is 152 g/mol. The van der Waals surface area contributed by atoms with Gasteiger partial charge in [-0.25, -0.2) is 0 Å². The minimum atomic E-state index is 0.277. The molecule has 0 saturated carbocycles. The first-order valence-corrected chi connectivity index (χ1v) is 4.08. The molecule has 3 N–H and O–H groups in total. The summed E-state index contributed by atoms with van der Waals surface area (Å²) < 4.78 is 0. The molecule has 2 nitrogen and oxygen atoms in total. The van der Waals surface area contributed by atoms with Crippen LogP contribution in [0.15, 0.2) is 23.8 Å². The molecule has 2 unspecified atom stereocenters. The fourth-order valence-corrected chi connectivity index (χ4v) is 1.16. The zero-order chi connectivity index (χ0) is 8.27. The lowest BCUT2D eigenvalue weighted by Crippen LogP contribution is -2.33. The van der Waals surface area contributed by atoms with Crippen molar-refractivity contribution in [1.29, 1.82) is 0 Å². The molecule has 0 radical (unpaired) electrons. The molecule has 1 aliphatic rings. The smallest absolute Gasteiger partial charge is 0.0428 e. The van der Waals surface area contributed by atoms with E-state index in [0.717, 1.165) is 6.42 Å². The second-order valence-electron chi connectivity index (χ2n) is 3.16. The van der Waals surface area contributed by atoms with Gasteiger partial charge in [0.05, 0.1) is 0 Å². The molecule has 0 aromatic carbocycles. The molecule has 0 aliphatic heterocycles. The Hall–Kier alpha value is -0.600. The van der Waals surface area contributed by atoms with E-state index in [1.165, 1.54) is 5.57 Å². The topological polar surface area (TPSA) is 38.0 Å². The quantitative estimate of drug-likeness (QED) is 0.463. The van der Waals surface area contributed by atoms with Gasteiger partial charge in [-0.1, -0.05) is 25.2 Å². The SMILES string of the molecule is CC1C=CC(C(C)NN)=CC1. The van der Waals surface area contributed by atoms with E-state index in [1.807, 2.05) is 0 Å². The average Bonchev–Trinajstić information content (AvgIpc) is 2.05. The Labute approximate surface area is 68.1 Å². The number of hydrazine groups is 1. The molecule has 0 fully saturated rings. The summed E-state index contributed by atoms with van der Waals surface area (Å²) in [5, 5.41) is 0. The van der Waals surface area contributed by atoms with E-state index < -0.39 is 0 Å². The lowest BCUT2D eigenvalue weighted by atomic mass is 9.95. The van der Waals surface area contributed by atoms with Crippen molar-refractivity contribution in [2.45, 2.75) is 26.3 Å². The molecule has 1 aliphatic carbocycles. The highest BCUT2D eigenvalue weighted by atomic mass is 15.2. The van der Waals surface area contributed by atoms with Crippen LogP contribution >= 0.6 is 0 Å². The first-order valence-electron chi connectivity index (χ1n) is 4.08. The molecule has 0 spiro atoms. The van der Waals surface area contributed by atoms with E-state index in [0.29, 0.717) is 5.92 Å². The van der Waals surface area contributed by atoms with Gasteiger partial charge in [-0.05, 0) is 24.8 Å². The summed E-state index contributed by atoms with van der Waals surface area (Å²) in [6.45, 7) is 4.27. The molecular weight excluding hydrogens is 136 g/mol. The van der Waals surface area contributed by atoms with Crippen molar-refractivity contribution in [3.8, 4) is 0 Å². The van der Waals surface area contributed by atoms with Crippen LogP contribution < -0.4 is 11.3 Å². The van der Waals surface area contributed by atoms with Gasteiger partial charge in [0.1, 0.15) is 0 Å². The molecule has 0 aromatic rings. The van der Waals surface area contributed by atoms with Crippen molar-refractivity contribution in [3.63, 3.8) is 0 Å². The van der Waals surface area contributed by atoms with Gasteiger partial charge in [0.25, 0.3) is 0 Å². The molecule has 0 aromatic heterocycles. The predicted octanol–water partition coefficient (Wildman–Crippen LogP) is 1.36. The van der Waals surface area contributed by atoms with E-state index in [2.05, 4.69) is 37.5 Å². The zero-order valence-corrected chi connectivity index (χ0v) is 7.17. The van der Waals surface area contributed by atoms with Gasteiger partial charge < -0.3 is 0 Å². The molecule has 0 amide bonds. The Morgan fingerprint density at radius 3 is 2.91 bits per heavy atom. The lowest BCUT2D eigenvalue weighted by Gasteiger charge is -2.16. The second-order valence-corrected chi connectivity index (χ2v) is 3.16. The van der Waals surface area contributed by atoms with Gasteiger partial charge in [-0.2, -0.15) is 0 Å². The van der Waals surface area contributed by atoms with Crippen LogP contribution in [0, 0.1) is 5.92 Å². The van der Waals surface area contributed by atoms with Gasteiger partial charge in [-0.3, -0.25) is 11.3 Å². The number of nitrogens with two attached hydrogens (primary N) is 1. The predicted molar refractivity (Wildman–Crippen MR) is 47.8 cm³/mol. The highest BCUT2D eigenvalue weighted by Crippen LogP contribution is 2.17. The van der Waals surface area contributed by atoms with Crippen molar-refractivity contribution in [3.05, 3.63) is 23.8 Å². The highest BCUT2D eigenvalue weighted by Gasteiger charge is 2.07. The molecular formula is C9H16N2. The molecule has 2 heteroatoms. The molecule has 1 rings (SSSR count). The maximum Gasteiger partial charge on any atom is 0.0428 e. The van der Waals surface area contributed by atoms with Crippen molar-refractivity contribution in [2.24, 2.45) is 11.8 Å². The number of nitrogens with one attached hydrogen (secondary N) is 1. The summed E-state index contributed by atoms with van der Waals surface area (Å²) >= 11 is 0. The molecule has 2 atom stereocenters. The van der Waals surface area contributed by atoms with Gasteiger partial charge >= 0.3 is 0 Å². The van der Waals surface area contributed by atoms with E-state index in [4.69, 9.17) is 5.84 Å². The summed E-state index contributed by atoms with van der Waals surface area (Å²) in [6, 6.07) is 0.277. The standard InChI is InChI=1S/C9H16N2/c1-7-3-5-9(6-4-7)8(2)11-10/h3,5-8,11H,4,10H2,1-2H3. The second kappa shape index (κ2) is 3.69. The number of allylic oxidation sites excluding steroid dienone is 2. The first kappa shape index (κ1) is 8.50. The Morgan fingerprint density at radius 1 is 1.73 bits per heavy atom. The summed E-state index contributed by atoms with van der Waals surface area (Å²) in [7, 11) is 0. The molecule has 0 heterocycles. The van der Waals surface area contributed by atoms with Crippen LogP contribution in [0.5, 0.6) is 0 Å². The van der Waals surface area contributed by atoms with Crippen LogP contribution in [0.3, 0.4) is 0 Å². The van der Waals surface area contributed by atoms with Crippen molar-refractivity contribution < 1.29 is 0 Å². The summed E-state index contributed by atoms with van der Waals surface area (Å²) in [4.78, 5) is 0. The molecule has 11 heavy (non-hydrogen) atoms. The number of hydrogen-bond acceptors (Lipinski definition) is 2. The van der Waals surface area contributed by atoms with E-state index in [9.17, 15) is 0 Å². The monoisotopic (exact) mass is 152 g/mol. The summed E-state index contributed by atoms with van der Waals surface area (Å²) in [5.74, 6) is 6.00. The van der Waals surface area contributed by atoms with Crippen molar-refractivity contribution in [2.75, 3.05) is 0 Å². The fourth-order valence-electron chi connectivity index (χ4n) is 1.16. The maximum absolute atomic E-state index is 5.31. The summed E-state index contributed by atoms with van der Waals surface area (Å²) in [6.07, 6.45) is 7.76. The molecule has 62 valence electrons. The number of hydrogen-bond donors (Lipinski definition) is 2. The van der Waals surface area contributed by atoms with Gasteiger partial charge in [0, 0.05) is 6.04 Å². The maximum atomic E-state index is 5.31. The zero-order valence-electron chi connectivity index (χ0n) is 7.17. The van der Waals surface area contributed by atoms with Crippen LogP contribution in [-0.2, 0) is 0 Å². The van der Waals surface area contributed by atoms with Crippen LogP contribution in [-0.4, -0.2) is 6.04 Å². The molecule has 0 saturated heterocycles. The fraction of sp³-hybridized carbons (Fsp3) is 0.556. The van der Waals surface area contributed by atoms with Crippen LogP contribution in [0.4, 0.5) is 0 Å². The van der Waals surface area contributed by atoms with Crippen molar-refractivity contribution >= 4 is 0 Å². The van der Waals surface area contributed by atoms with Gasteiger partial charge in [0.2, 0.25) is 0 Å². The van der Waals surface area contributed by atoms with Crippen LogP contribution in [0.2, 0.25) is 0 Å². The van der Waals surface area contributed by atoms with E-state index >= 15 is 0 Å². The van der Waals surface area contributed by atoms with Crippen LogP contribution in [0.25, 0.3) is 0 Å². The van der Waals surface area contributed by atoms with Crippen LogP contribution in [0.1, 0.15) is 20.3 Å². The summed E-state index contributed by atoms with van der Waals surface area (Å²) in [5.41, 5.74) is 4.03. The number of rotatable bonds is 2. The largest absolute Gasteiger partial charge is 0.271 e. The first-order chi connectivity index (χ1) is 5.24. The highest BCUT2D eigenvalue weighted by molar-refractivity contribution is 5.27. The van der Waals surface area contributed by atoms with E-state index in [-0.39, 0.29) is 6.04 Å². The Kier molecular flexibility index (Phi) is 2.85. The Bertz CT molecular complexity index is 182. The Balaban J connectivity index is 2.55. The minimum absolute atomic E-state index is 0.277. The third-order valence-corrected chi connectivity index (χ3v) is 2.09. The third-order valence-electron chi connectivity index (χ3n) is 2.09. The minimum Gasteiger partial charge on any atom is -0.271 e. The molecule has 0 bridgehead atoms. The normalized spacial score (nSPS) is 26.5. The van der Waals surface area contributed by atoms with Gasteiger partial charge in [-0.15, -0.1) is 0 Å². The third kappa shape index (κ3) is 2.17. The lowest BCUT2D eigenvalue weighted by molar-refractivity contribution is 0.632.